The molecule has 13 nitrogen and oxygen atoms in total. The summed E-state index contributed by atoms with van der Waals surface area (Å²) in [5.41, 5.74) is 0. The number of unbranched alkanes of at least 4 members (excludes halogenated alkanes) is 13. The predicted molar refractivity (Wildman–Crippen MR) is 210 cm³/mol. The van der Waals surface area contributed by atoms with Crippen LogP contribution in [0.2, 0.25) is 0 Å². The summed E-state index contributed by atoms with van der Waals surface area (Å²) in [5, 5.41) is 54.8. The number of amides is 1. The Kier molecular flexibility index (Phi) is 28.9. The average Bonchev–Trinajstić information content (AvgIpc) is 3.14. The number of allylic oxidation sites excluding steroid dienone is 7. The van der Waals surface area contributed by atoms with Gasteiger partial charge in [0.05, 0.1) is 25.4 Å². The molecule has 1 aliphatic heterocycles. The summed E-state index contributed by atoms with van der Waals surface area (Å²) in [7, 11) is -5.12. The third-order valence-electron chi connectivity index (χ3n) is 9.17. The summed E-state index contributed by atoms with van der Waals surface area (Å²) in [6.45, 7) is 3.08. The number of nitrogens with one attached hydrogen (secondary N) is 1. The molecule has 314 valence electrons. The molecule has 1 rings (SSSR count). The fraction of sp³-hybridized carbons (Fsp3) is 0.775. The topological polar surface area (TPSA) is 212 Å². The Balaban J connectivity index is 2.74. The predicted octanol–water partition coefficient (Wildman–Crippen LogP) is 5.51. The van der Waals surface area contributed by atoms with Gasteiger partial charge in [0.15, 0.2) is 6.29 Å². The second-order valence-electron chi connectivity index (χ2n) is 14.0. The summed E-state index contributed by atoms with van der Waals surface area (Å²) < 4.78 is 47.3. The molecular weight excluding hydrogens is 719 g/mol. The van der Waals surface area contributed by atoms with Crippen LogP contribution in [0.1, 0.15) is 136 Å². The number of ether oxygens (including phenoxy) is 2. The first-order chi connectivity index (χ1) is 25.9. The van der Waals surface area contributed by atoms with Crippen molar-refractivity contribution in [3.8, 4) is 0 Å². The van der Waals surface area contributed by atoms with Gasteiger partial charge in [-0.2, -0.15) is 8.42 Å². The number of aliphatic hydroxyl groups excluding tert-OH is 5. The molecule has 1 fully saturated rings. The Morgan fingerprint density at radius 2 is 1.26 bits per heavy atom. The molecule has 1 aliphatic rings. The van der Waals surface area contributed by atoms with Crippen LogP contribution in [0, 0.1) is 0 Å². The van der Waals surface area contributed by atoms with Crippen molar-refractivity contribution >= 4 is 16.3 Å². The van der Waals surface area contributed by atoms with E-state index in [2.05, 4.69) is 59.8 Å². The Labute approximate surface area is 324 Å². The number of hydrogen-bond acceptors (Lipinski definition) is 11. The Bertz CT molecular complexity index is 1180. The molecule has 0 bridgehead atoms. The largest absolute Gasteiger partial charge is 0.397 e. The Morgan fingerprint density at radius 3 is 1.81 bits per heavy atom. The van der Waals surface area contributed by atoms with Crippen molar-refractivity contribution < 1.29 is 57.0 Å². The molecule has 14 heteroatoms. The molecule has 8 unspecified atom stereocenters. The Morgan fingerprint density at radius 1 is 0.741 bits per heavy atom. The minimum Gasteiger partial charge on any atom is -0.394 e. The molecular formula is C40H71NO12S. The molecule has 0 aromatic rings. The molecule has 0 aromatic carbocycles. The molecule has 1 heterocycles. The highest BCUT2D eigenvalue weighted by molar-refractivity contribution is 7.80. The second kappa shape index (κ2) is 31.1. The summed E-state index contributed by atoms with van der Waals surface area (Å²) >= 11 is 0. The van der Waals surface area contributed by atoms with Crippen molar-refractivity contribution in [2.45, 2.75) is 185 Å². The van der Waals surface area contributed by atoms with Crippen LogP contribution in [0.25, 0.3) is 0 Å². The van der Waals surface area contributed by atoms with Crippen molar-refractivity contribution in [2.24, 2.45) is 0 Å². The quantitative estimate of drug-likeness (QED) is 0.0255. The molecule has 54 heavy (non-hydrogen) atoms. The van der Waals surface area contributed by atoms with Crippen molar-refractivity contribution in [2.75, 3.05) is 13.2 Å². The van der Waals surface area contributed by atoms with Crippen LogP contribution in [0.15, 0.2) is 48.6 Å². The average molecular weight is 790 g/mol. The summed E-state index contributed by atoms with van der Waals surface area (Å²) in [5.74, 6) is -0.732. The lowest BCUT2D eigenvalue weighted by Crippen LogP contribution is -2.61. The second-order valence-corrected chi connectivity index (χ2v) is 15.0. The number of aliphatic hydroxyl groups is 5. The third kappa shape index (κ3) is 23.8. The van der Waals surface area contributed by atoms with Crippen LogP contribution in [0.3, 0.4) is 0 Å². The normalized spacial score (nSPS) is 22.9. The summed E-state index contributed by atoms with van der Waals surface area (Å²) in [4.78, 5) is 13.0. The van der Waals surface area contributed by atoms with Crippen LogP contribution in [0.4, 0.5) is 0 Å². The molecule has 0 aromatic heterocycles. The molecule has 7 N–H and O–H groups in total. The Hall–Kier alpha value is -1.98. The van der Waals surface area contributed by atoms with E-state index in [1.165, 1.54) is 51.0 Å². The molecule has 0 radical (unpaired) electrons. The monoisotopic (exact) mass is 789 g/mol. The van der Waals surface area contributed by atoms with E-state index in [4.69, 9.17) is 14.0 Å². The van der Waals surface area contributed by atoms with Gasteiger partial charge in [-0.15, -0.1) is 0 Å². The first-order valence-corrected chi connectivity index (χ1v) is 21.5. The van der Waals surface area contributed by atoms with Crippen LogP contribution in [0.5, 0.6) is 0 Å². The number of carbonyl (C=O) groups is 1. The van der Waals surface area contributed by atoms with E-state index >= 15 is 0 Å². The van der Waals surface area contributed by atoms with Gasteiger partial charge in [0.1, 0.15) is 30.5 Å². The van der Waals surface area contributed by atoms with E-state index in [0.29, 0.717) is 12.8 Å². The minimum absolute atomic E-state index is 0.216. The van der Waals surface area contributed by atoms with Gasteiger partial charge >= 0.3 is 10.4 Å². The van der Waals surface area contributed by atoms with Gasteiger partial charge in [0.2, 0.25) is 5.91 Å². The van der Waals surface area contributed by atoms with E-state index in [1.807, 2.05) is 0 Å². The van der Waals surface area contributed by atoms with E-state index in [0.717, 1.165) is 57.8 Å². The van der Waals surface area contributed by atoms with Gasteiger partial charge in [0, 0.05) is 0 Å². The number of rotatable bonds is 32. The van der Waals surface area contributed by atoms with Gasteiger partial charge < -0.3 is 40.3 Å². The fourth-order valence-electron chi connectivity index (χ4n) is 5.88. The first kappa shape index (κ1) is 50.0. The number of hydrogen-bond donors (Lipinski definition) is 7. The van der Waals surface area contributed by atoms with Crippen molar-refractivity contribution in [1.82, 2.24) is 5.32 Å². The van der Waals surface area contributed by atoms with Gasteiger partial charge in [0.25, 0.3) is 0 Å². The lowest BCUT2D eigenvalue weighted by atomic mass is 9.99. The lowest BCUT2D eigenvalue weighted by molar-refractivity contribution is -0.298. The zero-order valence-corrected chi connectivity index (χ0v) is 33.4. The highest BCUT2D eigenvalue weighted by Gasteiger charge is 2.48. The molecule has 8 atom stereocenters. The number of carbonyl (C=O) groups excluding carboxylic acids is 1. The van der Waals surface area contributed by atoms with E-state index in [-0.39, 0.29) is 6.42 Å². The van der Waals surface area contributed by atoms with Gasteiger partial charge in [-0.25, -0.2) is 4.18 Å². The highest BCUT2D eigenvalue weighted by atomic mass is 32.3. The smallest absolute Gasteiger partial charge is 0.394 e. The summed E-state index contributed by atoms with van der Waals surface area (Å²) in [6, 6.07) is -1.15. The maximum Gasteiger partial charge on any atom is 0.397 e. The highest BCUT2D eigenvalue weighted by Crippen LogP contribution is 2.26. The van der Waals surface area contributed by atoms with Crippen LogP contribution in [-0.4, -0.2) is 107 Å². The molecule has 1 saturated heterocycles. The van der Waals surface area contributed by atoms with Crippen molar-refractivity contribution in [1.29, 1.82) is 0 Å². The van der Waals surface area contributed by atoms with Crippen molar-refractivity contribution in [3.63, 3.8) is 0 Å². The fourth-order valence-corrected chi connectivity index (χ4v) is 6.39. The van der Waals surface area contributed by atoms with E-state index < -0.39 is 78.5 Å². The standard InChI is InChI=1S/C40H71NO12S/c1-3-5-7-9-11-13-15-16-17-18-19-21-22-24-26-28-33(43)32(41-39(47)34(44)29-27-25-23-20-14-12-10-8-6-4-2)31-51-40-37(46)38(53-54(48,49)50)36(45)35(30-42)52-40/h10,12,15-16,19,21,26,28,32-38,40,42-46H,3-9,11,13-14,17-18,20,22-25,27,29-31H2,1-2H3,(H,41,47)(H,48,49,50)/b12-10-,16-15+,21-19+,28-26+. The van der Waals surface area contributed by atoms with E-state index in [1.54, 1.807) is 6.08 Å². The van der Waals surface area contributed by atoms with Crippen LogP contribution in [-0.2, 0) is 28.9 Å². The zero-order valence-electron chi connectivity index (χ0n) is 32.6. The first-order valence-electron chi connectivity index (χ1n) is 20.1. The van der Waals surface area contributed by atoms with E-state index in [9.17, 15) is 38.7 Å². The lowest BCUT2D eigenvalue weighted by Gasteiger charge is -2.41. The third-order valence-corrected chi connectivity index (χ3v) is 9.63. The van der Waals surface area contributed by atoms with Crippen LogP contribution >= 0.6 is 0 Å². The molecule has 0 saturated carbocycles. The zero-order chi connectivity index (χ0) is 40.0. The maximum absolute atomic E-state index is 13.0. The molecule has 0 aliphatic carbocycles. The minimum atomic E-state index is -5.12. The van der Waals surface area contributed by atoms with Gasteiger partial charge in [-0.05, 0) is 64.2 Å². The van der Waals surface area contributed by atoms with Gasteiger partial charge in [-0.3, -0.25) is 9.35 Å². The SMILES string of the molecule is CCCC/C=C\CCCCCCC(O)C(=O)NC(COC1OC(CO)C(O)C(OS(=O)(=O)O)C1O)C(O)/C=C/CC/C=C/CC/C=C/CCCCCCC. The molecule has 0 spiro atoms. The van der Waals surface area contributed by atoms with Crippen LogP contribution < -0.4 is 5.32 Å². The molecule has 1 amide bonds. The summed E-state index contributed by atoms with van der Waals surface area (Å²) in [6.07, 6.45) is 23.6. The maximum atomic E-state index is 13.0. The van der Waals surface area contributed by atoms with Crippen molar-refractivity contribution in [3.05, 3.63) is 48.6 Å². The van der Waals surface area contributed by atoms with Gasteiger partial charge in [-0.1, -0.05) is 120 Å².